The van der Waals surface area contributed by atoms with Gasteiger partial charge in [-0.1, -0.05) is 47.5 Å². The molecule has 0 atom stereocenters. The molecule has 1 aliphatic carbocycles. The normalized spacial score (nSPS) is 16.1. The van der Waals surface area contributed by atoms with Crippen LogP contribution in [-0.4, -0.2) is 0 Å². The molecule has 2 rings (SSSR count). The molecule has 14 heavy (non-hydrogen) atoms. The molecular weight excluding hydrogens is 192 g/mol. The Morgan fingerprint density at radius 2 is 1.86 bits per heavy atom. The van der Waals surface area contributed by atoms with Gasteiger partial charge in [-0.2, -0.15) is 0 Å². The van der Waals surface area contributed by atoms with Gasteiger partial charge in [-0.25, -0.2) is 0 Å². The van der Waals surface area contributed by atoms with Gasteiger partial charge in [0.05, 0.1) is 0 Å². The maximum Gasteiger partial charge on any atom is 0.0369 e. The van der Waals surface area contributed by atoms with Crippen LogP contribution in [0.4, 0.5) is 0 Å². The van der Waals surface area contributed by atoms with Crippen molar-refractivity contribution >= 4 is 17.2 Å². The predicted molar refractivity (Wildman–Crippen MR) is 62.3 cm³/mol. The zero-order valence-electron chi connectivity index (χ0n) is 8.26. The van der Waals surface area contributed by atoms with Gasteiger partial charge in [0.1, 0.15) is 0 Å². The highest BCUT2D eigenvalue weighted by Gasteiger charge is 2.05. The van der Waals surface area contributed by atoms with E-state index in [0.29, 0.717) is 0 Å². The molecule has 0 radical (unpaired) electrons. The van der Waals surface area contributed by atoms with Crippen LogP contribution >= 0.6 is 11.6 Å². The summed E-state index contributed by atoms with van der Waals surface area (Å²) in [5, 5.41) is 0.867. The summed E-state index contributed by atoms with van der Waals surface area (Å²) >= 11 is 5.98. The van der Waals surface area contributed by atoms with E-state index < -0.39 is 0 Å². The van der Waals surface area contributed by atoms with Crippen molar-refractivity contribution in [2.75, 3.05) is 0 Å². The van der Waals surface area contributed by atoms with Gasteiger partial charge in [-0.15, -0.1) is 0 Å². The number of halogens is 1. The second kappa shape index (κ2) is 4.02. The fraction of sp³-hybridized carbons (Fsp3) is 0.231. The Bertz CT molecular complexity index is 382. The van der Waals surface area contributed by atoms with E-state index in [1.54, 1.807) is 0 Å². The van der Waals surface area contributed by atoms with Gasteiger partial charge in [0.15, 0.2) is 0 Å². The molecule has 0 amide bonds. The molecule has 0 nitrogen and oxygen atoms in total. The van der Waals surface area contributed by atoms with E-state index in [0.717, 1.165) is 17.9 Å². The first kappa shape index (κ1) is 9.54. The van der Waals surface area contributed by atoms with E-state index in [1.165, 1.54) is 16.7 Å². The van der Waals surface area contributed by atoms with Gasteiger partial charge in [-0.05, 0) is 37.0 Å². The van der Waals surface area contributed by atoms with Crippen LogP contribution in [0, 0.1) is 6.92 Å². The minimum absolute atomic E-state index is 0.867. The second-order valence-corrected chi connectivity index (χ2v) is 4.10. The number of aryl methyl sites for hydroxylation is 1. The molecular formula is C13H13Cl. The van der Waals surface area contributed by atoms with E-state index in [2.05, 4.69) is 43.3 Å². The van der Waals surface area contributed by atoms with E-state index in [-0.39, 0.29) is 0 Å². The molecule has 0 aliphatic heterocycles. The maximum absolute atomic E-state index is 5.98. The summed E-state index contributed by atoms with van der Waals surface area (Å²) < 4.78 is 0. The van der Waals surface area contributed by atoms with E-state index in [9.17, 15) is 0 Å². The van der Waals surface area contributed by atoms with E-state index >= 15 is 0 Å². The molecule has 0 fully saturated rings. The van der Waals surface area contributed by atoms with Crippen LogP contribution in [0.2, 0.25) is 0 Å². The molecule has 0 N–H and O–H groups in total. The Hall–Kier alpha value is -1.01. The Morgan fingerprint density at radius 1 is 1.14 bits per heavy atom. The Kier molecular flexibility index (Phi) is 2.74. The monoisotopic (exact) mass is 204 g/mol. The molecule has 1 aromatic rings. The molecule has 1 aliphatic rings. The summed E-state index contributed by atoms with van der Waals surface area (Å²) in [6.45, 7) is 2.10. The number of hydrogen-bond donors (Lipinski definition) is 0. The largest absolute Gasteiger partial charge is 0.0847 e. The quantitative estimate of drug-likeness (QED) is 0.640. The molecule has 0 saturated heterocycles. The standard InChI is InChI=1S/C13H13Cl/c1-10-5-7-11(8-6-10)12-3-2-4-13(14)9-12/h4-9H,2-3H2,1H3. The van der Waals surface area contributed by atoms with Crippen molar-refractivity contribution in [3.8, 4) is 0 Å². The molecule has 1 heteroatoms. The third-order valence-electron chi connectivity index (χ3n) is 2.49. The van der Waals surface area contributed by atoms with Crippen molar-refractivity contribution < 1.29 is 0 Å². The number of allylic oxidation sites excluding steroid dienone is 4. The molecule has 0 bridgehead atoms. The number of benzene rings is 1. The SMILES string of the molecule is Cc1ccc(C2=CC(Cl)=CCC2)cc1. The maximum atomic E-state index is 5.98. The van der Waals surface area contributed by atoms with Crippen LogP contribution in [0.1, 0.15) is 24.0 Å². The zero-order chi connectivity index (χ0) is 9.97. The van der Waals surface area contributed by atoms with Crippen molar-refractivity contribution in [1.82, 2.24) is 0 Å². The second-order valence-electron chi connectivity index (χ2n) is 3.66. The highest BCUT2D eigenvalue weighted by molar-refractivity contribution is 6.31. The van der Waals surface area contributed by atoms with Gasteiger partial charge in [0.2, 0.25) is 0 Å². The number of hydrogen-bond acceptors (Lipinski definition) is 0. The van der Waals surface area contributed by atoms with Crippen LogP contribution in [0.3, 0.4) is 0 Å². The van der Waals surface area contributed by atoms with Crippen molar-refractivity contribution in [2.24, 2.45) is 0 Å². The molecule has 0 aromatic heterocycles. The minimum Gasteiger partial charge on any atom is -0.0847 e. The van der Waals surface area contributed by atoms with Crippen LogP contribution < -0.4 is 0 Å². The van der Waals surface area contributed by atoms with Gasteiger partial charge in [-0.3, -0.25) is 0 Å². The molecule has 0 spiro atoms. The Labute approximate surface area is 89.9 Å². The van der Waals surface area contributed by atoms with Crippen molar-refractivity contribution in [1.29, 1.82) is 0 Å². The Morgan fingerprint density at radius 3 is 2.50 bits per heavy atom. The summed E-state index contributed by atoms with van der Waals surface area (Å²) in [5.74, 6) is 0. The summed E-state index contributed by atoms with van der Waals surface area (Å²) in [7, 11) is 0. The first-order chi connectivity index (χ1) is 6.75. The predicted octanol–water partition coefficient (Wildman–Crippen LogP) is 4.29. The molecule has 0 heterocycles. The fourth-order valence-corrected chi connectivity index (χ4v) is 1.90. The smallest absolute Gasteiger partial charge is 0.0369 e. The third kappa shape index (κ3) is 2.08. The van der Waals surface area contributed by atoms with Crippen LogP contribution in [0.5, 0.6) is 0 Å². The average Bonchev–Trinajstić information content (AvgIpc) is 2.19. The third-order valence-corrected chi connectivity index (χ3v) is 2.75. The van der Waals surface area contributed by atoms with Crippen LogP contribution in [0.25, 0.3) is 5.57 Å². The summed E-state index contributed by atoms with van der Waals surface area (Å²) in [4.78, 5) is 0. The lowest BCUT2D eigenvalue weighted by Gasteiger charge is -2.11. The molecule has 1 aromatic carbocycles. The number of rotatable bonds is 1. The lowest BCUT2D eigenvalue weighted by atomic mass is 9.97. The van der Waals surface area contributed by atoms with E-state index in [1.807, 2.05) is 0 Å². The average molecular weight is 205 g/mol. The topological polar surface area (TPSA) is 0 Å². The summed E-state index contributed by atoms with van der Waals surface area (Å²) in [5.41, 5.74) is 3.94. The lowest BCUT2D eigenvalue weighted by molar-refractivity contribution is 1.05. The highest BCUT2D eigenvalue weighted by Crippen LogP contribution is 2.27. The first-order valence-corrected chi connectivity index (χ1v) is 5.27. The van der Waals surface area contributed by atoms with Crippen molar-refractivity contribution in [3.63, 3.8) is 0 Å². The summed E-state index contributed by atoms with van der Waals surface area (Å²) in [6.07, 6.45) is 6.28. The molecule has 72 valence electrons. The minimum atomic E-state index is 0.867. The lowest BCUT2D eigenvalue weighted by Crippen LogP contribution is -1.89. The molecule has 0 saturated carbocycles. The van der Waals surface area contributed by atoms with E-state index in [4.69, 9.17) is 11.6 Å². The zero-order valence-corrected chi connectivity index (χ0v) is 9.01. The van der Waals surface area contributed by atoms with Crippen LogP contribution in [-0.2, 0) is 0 Å². The Balaban J connectivity index is 2.31. The van der Waals surface area contributed by atoms with Gasteiger partial charge >= 0.3 is 0 Å². The van der Waals surface area contributed by atoms with Crippen molar-refractivity contribution in [3.05, 3.63) is 52.6 Å². The van der Waals surface area contributed by atoms with Gasteiger partial charge in [0.25, 0.3) is 0 Å². The van der Waals surface area contributed by atoms with Gasteiger partial charge in [0, 0.05) is 5.03 Å². The summed E-state index contributed by atoms with van der Waals surface area (Å²) in [6, 6.07) is 8.61. The fourth-order valence-electron chi connectivity index (χ4n) is 1.66. The van der Waals surface area contributed by atoms with Crippen LogP contribution in [0.15, 0.2) is 41.4 Å². The molecule has 0 unspecified atom stereocenters. The highest BCUT2D eigenvalue weighted by atomic mass is 35.5. The van der Waals surface area contributed by atoms with Crippen molar-refractivity contribution in [2.45, 2.75) is 19.8 Å². The first-order valence-electron chi connectivity index (χ1n) is 4.89. The van der Waals surface area contributed by atoms with Gasteiger partial charge < -0.3 is 0 Å².